The summed E-state index contributed by atoms with van der Waals surface area (Å²) in [5.41, 5.74) is 3.65. The van der Waals surface area contributed by atoms with Crippen LogP contribution in [0.5, 0.6) is 0 Å². The number of ether oxygens (including phenoxy) is 4. The average Bonchev–Trinajstić information content (AvgIpc) is 3.35. The number of carbonyl (C=O) groups excluding carboxylic acids is 1. The Hall–Kier alpha value is -2.91. The van der Waals surface area contributed by atoms with Gasteiger partial charge in [-0.3, -0.25) is 4.79 Å². The lowest BCUT2D eigenvalue weighted by Crippen LogP contribution is -2.65. The van der Waals surface area contributed by atoms with Crippen LogP contribution < -0.4 is 10.2 Å². The fourth-order valence-corrected chi connectivity index (χ4v) is 8.12. The molecule has 7 aliphatic rings. The quantitative estimate of drug-likeness (QED) is 0.201. The molecule has 280 valence electrons. The van der Waals surface area contributed by atoms with Crippen molar-refractivity contribution in [3.8, 4) is 0 Å². The number of fused-ring (bicyclic) bond motifs is 3. The van der Waals surface area contributed by atoms with Gasteiger partial charge in [-0.2, -0.15) is 0 Å². The molecule has 0 saturated carbocycles. The third-order valence-electron chi connectivity index (χ3n) is 10.8. The number of aliphatic hydroxyl groups excluding tert-OH is 5. The van der Waals surface area contributed by atoms with Crippen molar-refractivity contribution in [3.63, 3.8) is 0 Å². The summed E-state index contributed by atoms with van der Waals surface area (Å²) in [6, 6.07) is 12.9. The van der Waals surface area contributed by atoms with E-state index in [9.17, 15) is 30.3 Å². The van der Waals surface area contributed by atoms with E-state index in [4.69, 9.17) is 18.9 Å². The summed E-state index contributed by atoms with van der Waals surface area (Å²) in [4.78, 5) is 15.4. The van der Waals surface area contributed by atoms with Crippen LogP contribution in [0.1, 0.15) is 64.9 Å². The maximum Gasteiger partial charge on any atom is 0.220 e. The summed E-state index contributed by atoms with van der Waals surface area (Å²) in [5.74, 6) is -0.174. The van der Waals surface area contributed by atoms with Crippen LogP contribution in [0.15, 0.2) is 60.3 Å². The zero-order chi connectivity index (χ0) is 36.3. The summed E-state index contributed by atoms with van der Waals surface area (Å²) in [5, 5.41) is 58.7. The normalized spacial score (nSPS) is 34.4. The maximum atomic E-state index is 13.0. The van der Waals surface area contributed by atoms with Gasteiger partial charge in [0.15, 0.2) is 6.29 Å². The van der Waals surface area contributed by atoms with Crippen molar-refractivity contribution in [3.05, 3.63) is 65.9 Å². The van der Waals surface area contributed by atoms with Crippen LogP contribution in [0.3, 0.4) is 0 Å². The molecule has 7 heterocycles. The van der Waals surface area contributed by atoms with Crippen molar-refractivity contribution in [2.75, 3.05) is 31.2 Å². The molecule has 6 N–H and O–H groups in total. The number of anilines is 1. The molecule has 12 nitrogen and oxygen atoms in total. The van der Waals surface area contributed by atoms with E-state index in [-0.39, 0.29) is 24.5 Å². The Morgan fingerprint density at radius 1 is 0.941 bits per heavy atom. The number of hydrogen-bond acceptors (Lipinski definition) is 11. The lowest BCUT2D eigenvalue weighted by molar-refractivity contribution is -0.339. The molecular formula is C39H54N2O10. The largest absolute Gasteiger partial charge is 0.394 e. The van der Waals surface area contributed by atoms with Gasteiger partial charge in [0.05, 0.1) is 12.7 Å². The smallest absolute Gasteiger partial charge is 0.220 e. The summed E-state index contributed by atoms with van der Waals surface area (Å²) in [7, 11) is 0. The first kappa shape index (κ1) is 37.8. The first-order valence-electron chi connectivity index (χ1n) is 18.4. The SMILES string of the molecule is C/C=C/C=C1/N(CCCCCC(=O)NC[C@H]2O[C@@H]3OC4[C@@H](CO)O[C@H](CCCO[C@H]2[C@H](O)[C@H]3O)[C@H](O)[C@H]4O)c2ccc3ccccc3c2C1(C)C. The molecule has 12 heteroatoms. The summed E-state index contributed by atoms with van der Waals surface area (Å²) >= 11 is 0. The number of rotatable bonds is 10. The third-order valence-corrected chi connectivity index (χ3v) is 10.8. The summed E-state index contributed by atoms with van der Waals surface area (Å²) < 4.78 is 23.6. The highest BCUT2D eigenvalue weighted by Crippen LogP contribution is 2.50. The van der Waals surface area contributed by atoms with E-state index in [1.165, 1.54) is 27.7 Å². The molecular weight excluding hydrogens is 656 g/mol. The second-order valence-electron chi connectivity index (χ2n) is 14.6. The molecule has 0 radical (unpaired) electrons. The molecule has 2 aromatic carbocycles. The molecule has 0 aliphatic carbocycles. The highest BCUT2D eigenvalue weighted by Gasteiger charge is 2.51. The number of amides is 1. The molecule has 1 unspecified atom stereocenters. The number of nitrogens with zero attached hydrogens (tertiary/aromatic N) is 1. The monoisotopic (exact) mass is 710 g/mol. The molecule has 2 aromatic rings. The van der Waals surface area contributed by atoms with E-state index in [0.29, 0.717) is 25.7 Å². The highest BCUT2D eigenvalue weighted by molar-refractivity contribution is 5.94. The molecule has 7 aliphatic heterocycles. The van der Waals surface area contributed by atoms with Gasteiger partial charge in [0, 0.05) is 42.9 Å². The first-order valence-corrected chi connectivity index (χ1v) is 18.4. The number of benzene rings is 2. The number of nitrogens with one attached hydrogen (secondary N) is 1. The van der Waals surface area contributed by atoms with Gasteiger partial charge in [-0.05, 0) is 61.1 Å². The van der Waals surface area contributed by atoms with Gasteiger partial charge in [0.1, 0.15) is 48.8 Å². The zero-order valence-corrected chi connectivity index (χ0v) is 29.8. The first-order chi connectivity index (χ1) is 24.6. The van der Waals surface area contributed by atoms with Crippen molar-refractivity contribution in [1.29, 1.82) is 0 Å². The molecule has 1 amide bonds. The topological polar surface area (TPSA) is 170 Å². The molecule has 6 fully saturated rings. The van der Waals surface area contributed by atoms with E-state index in [1.54, 1.807) is 0 Å². The van der Waals surface area contributed by atoms with Gasteiger partial charge in [-0.25, -0.2) is 0 Å². The van der Waals surface area contributed by atoms with Crippen molar-refractivity contribution in [2.45, 2.75) is 126 Å². The van der Waals surface area contributed by atoms with Gasteiger partial charge in [-0.1, -0.05) is 62.8 Å². The fraction of sp³-hybridized carbons (Fsp3) is 0.615. The van der Waals surface area contributed by atoms with Gasteiger partial charge in [0.2, 0.25) is 5.91 Å². The maximum absolute atomic E-state index is 13.0. The van der Waals surface area contributed by atoms with Gasteiger partial charge >= 0.3 is 0 Å². The fourth-order valence-electron chi connectivity index (χ4n) is 8.12. The second kappa shape index (κ2) is 16.4. The van der Waals surface area contributed by atoms with Crippen molar-refractivity contribution >= 4 is 22.4 Å². The highest BCUT2D eigenvalue weighted by atomic mass is 16.7. The second-order valence-corrected chi connectivity index (χ2v) is 14.6. The van der Waals surface area contributed by atoms with Crippen LogP contribution in [-0.4, -0.2) is 119 Å². The Labute approximate surface area is 299 Å². The number of unbranched alkanes of at least 4 members (excludes halogenated alkanes) is 2. The summed E-state index contributed by atoms with van der Waals surface area (Å²) in [6.45, 7) is 7.06. The molecule has 10 atom stereocenters. The molecule has 0 aromatic heterocycles. The van der Waals surface area contributed by atoms with Crippen LogP contribution in [-0.2, 0) is 29.2 Å². The van der Waals surface area contributed by atoms with E-state index in [1.807, 2.05) is 13.0 Å². The van der Waals surface area contributed by atoms with Crippen LogP contribution in [0, 0.1) is 0 Å². The minimum Gasteiger partial charge on any atom is -0.394 e. The average molecular weight is 711 g/mol. The van der Waals surface area contributed by atoms with E-state index >= 15 is 0 Å². The third kappa shape index (κ3) is 7.76. The minimum absolute atomic E-state index is 0.00175. The zero-order valence-electron chi connectivity index (χ0n) is 29.8. The molecule has 4 bridgehead atoms. The lowest BCUT2D eigenvalue weighted by atomic mass is 9.81. The minimum atomic E-state index is -1.55. The standard InChI is InChI=1S/C39H54N2O10/c1-4-5-15-29-39(2,3)31-24-13-9-8-12-23(24)17-18-25(31)41(29)19-10-6-7-16-30(43)40-21-27-36-34(46)35(47)38(50-27)51-37-28(22-42)49-26(14-11-20-48-36)32(44)33(37)45/h4-5,8-9,12-13,15,17-18,26-28,32-38,42,44-47H,6-7,10-11,14,16,19-22H2,1-3H3,(H,40,43)/b5-4+,29-15+/t26-,27-,28-,32+,33-,34-,35-,36-,37?,38-/m1/s1. The van der Waals surface area contributed by atoms with Gasteiger partial charge in [0.25, 0.3) is 0 Å². The van der Waals surface area contributed by atoms with E-state index in [2.05, 4.69) is 72.6 Å². The predicted octanol–water partition coefficient (Wildman–Crippen LogP) is 2.57. The number of allylic oxidation sites excluding steroid dienone is 4. The van der Waals surface area contributed by atoms with Crippen molar-refractivity contribution in [2.24, 2.45) is 0 Å². The van der Waals surface area contributed by atoms with Crippen LogP contribution >= 0.6 is 0 Å². The van der Waals surface area contributed by atoms with E-state index in [0.717, 1.165) is 19.4 Å². The van der Waals surface area contributed by atoms with Gasteiger partial charge < -0.3 is 54.7 Å². The number of aliphatic hydroxyl groups is 5. The predicted molar refractivity (Wildman–Crippen MR) is 191 cm³/mol. The Morgan fingerprint density at radius 2 is 1.73 bits per heavy atom. The van der Waals surface area contributed by atoms with Crippen molar-refractivity contribution in [1.82, 2.24) is 5.32 Å². The van der Waals surface area contributed by atoms with E-state index < -0.39 is 67.8 Å². The molecule has 6 saturated heterocycles. The molecule has 9 rings (SSSR count). The Balaban J connectivity index is 1.04. The van der Waals surface area contributed by atoms with Gasteiger partial charge in [-0.15, -0.1) is 0 Å². The Morgan fingerprint density at radius 3 is 2.51 bits per heavy atom. The van der Waals surface area contributed by atoms with Crippen LogP contribution in [0.4, 0.5) is 5.69 Å². The lowest BCUT2D eigenvalue weighted by Gasteiger charge is -2.46. The molecule has 51 heavy (non-hydrogen) atoms. The molecule has 0 spiro atoms. The number of hydrogen-bond donors (Lipinski definition) is 6. The summed E-state index contributed by atoms with van der Waals surface area (Å²) in [6.07, 6.45) is -2.09. The van der Waals surface area contributed by atoms with Crippen LogP contribution in [0.2, 0.25) is 0 Å². The number of carbonyl (C=O) groups is 1. The van der Waals surface area contributed by atoms with Crippen molar-refractivity contribution < 1.29 is 49.3 Å². The Bertz CT molecular complexity index is 1560. The Kier molecular flexibility index (Phi) is 12.2. The van der Waals surface area contributed by atoms with Crippen LogP contribution in [0.25, 0.3) is 10.8 Å².